The maximum atomic E-state index is 11.7. The number of ether oxygens (including phenoxy) is 1. The van der Waals surface area contributed by atoms with Crippen molar-refractivity contribution < 1.29 is 9.53 Å². The Morgan fingerprint density at radius 3 is 2.81 bits per heavy atom. The van der Waals surface area contributed by atoms with Crippen LogP contribution in [0.2, 0.25) is 0 Å². The van der Waals surface area contributed by atoms with Gasteiger partial charge in [-0.2, -0.15) is 5.26 Å². The summed E-state index contributed by atoms with van der Waals surface area (Å²) in [5.41, 5.74) is -0.447. The topological polar surface area (TPSA) is 53.3 Å². The minimum Gasteiger partial charge on any atom is -0.444 e. The third-order valence-corrected chi connectivity index (χ3v) is 2.32. The fourth-order valence-corrected chi connectivity index (χ4v) is 1.62. The van der Waals surface area contributed by atoms with Gasteiger partial charge in [-0.3, -0.25) is 0 Å². The molecule has 0 aromatic rings. The van der Waals surface area contributed by atoms with Gasteiger partial charge in [0.1, 0.15) is 5.60 Å². The summed E-state index contributed by atoms with van der Waals surface area (Å²) in [6.45, 7) is 6.92. The van der Waals surface area contributed by atoms with Crippen LogP contribution in [0.3, 0.4) is 0 Å². The summed E-state index contributed by atoms with van der Waals surface area (Å²) in [4.78, 5) is 13.4. The van der Waals surface area contributed by atoms with Crippen LogP contribution < -0.4 is 0 Å². The Balaban J connectivity index is 2.45. The summed E-state index contributed by atoms with van der Waals surface area (Å²) < 4.78 is 5.27. The Labute approximate surface area is 96.5 Å². The van der Waals surface area contributed by atoms with E-state index in [1.54, 1.807) is 4.90 Å². The predicted octanol–water partition coefficient (Wildman–Crippen LogP) is 2.32. The van der Waals surface area contributed by atoms with E-state index in [9.17, 15) is 4.79 Å². The molecule has 16 heavy (non-hydrogen) atoms. The van der Waals surface area contributed by atoms with Crippen molar-refractivity contribution in [1.29, 1.82) is 5.26 Å². The minimum absolute atomic E-state index is 0.264. The molecule has 88 valence electrons. The number of amides is 1. The van der Waals surface area contributed by atoms with Gasteiger partial charge in [-0.25, -0.2) is 4.79 Å². The van der Waals surface area contributed by atoms with Crippen molar-refractivity contribution in [3.63, 3.8) is 0 Å². The monoisotopic (exact) mass is 222 g/mol. The molecular weight excluding hydrogens is 204 g/mol. The van der Waals surface area contributed by atoms with E-state index >= 15 is 0 Å². The van der Waals surface area contributed by atoms with Crippen LogP contribution in [-0.4, -0.2) is 29.7 Å². The molecule has 1 aliphatic heterocycles. The third kappa shape index (κ3) is 3.93. The van der Waals surface area contributed by atoms with E-state index in [0.29, 0.717) is 13.1 Å². The lowest BCUT2D eigenvalue weighted by atomic mass is 10.1. The molecule has 1 heterocycles. The fraction of sp³-hybridized carbons (Fsp3) is 0.667. The quantitative estimate of drug-likeness (QED) is 0.640. The van der Waals surface area contributed by atoms with E-state index in [1.165, 1.54) is 6.08 Å². The molecule has 0 N–H and O–H groups in total. The van der Waals surface area contributed by atoms with Gasteiger partial charge in [0.15, 0.2) is 0 Å². The molecule has 0 aromatic heterocycles. The van der Waals surface area contributed by atoms with Crippen LogP contribution >= 0.6 is 0 Å². The van der Waals surface area contributed by atoms with Crippen molar-refractivity contribution >= 4 is 6.09 Å². The highest BCUT2D eigenvalue weighted by molar-refractivity contribution is 5.68. The van der Waals surface area contributed by atoms with Gasteiger partial charge in [0, 0.05) is 19.2 Å². The Kier molecular flexibility index (Phi) is 3.94. The van der Waals surface area contributed by atoms with E-state index in [4.69, 9.17) is 10.00 Å². The summed E-state index contributed by atoms with van der Waals surface area (Å²) in [6.07, 6.45) is 3.96. The molecule has 1 amide bonds. The number of nitriles is 1. The van der Waals surface area contributed by atoms with E-state index in [1.807, 2.05) is 32.9 Å². The van der Waals surface area contributed by atoms with Crippen LogP contribution in [0.1, 0.15) is 27.2 Å². The fourth-order valence-electron chi connectivity index (χ4n) is 1.62. The highest BCUT2D eigenvalue weighted by Crippen LogP contribution is 2.20. The maximum absolute atomic E-state index is 11.7. The number of hydrogen-bond acceptors (Lipinski definition) is 3. The molecule has 4 nitrogen and oxygen atoms in total. The lowest BCUT2D eigenvalue weighted by Crippen LogP contribution is -2.35. The summed E-state index contributed by atoms with van der Waals surface area (Å²) in [5.74, 6) is 0.284. The van der Waals surface area contributed by atoms with Gasteiger partial charge in [-0.05, 0) is 33.1 Å². The van der Waals surface area contributed by atoms with Crippen molar-refractivity contribution in [2.45, 2.75) is 32.8 Å². The Bertz CT molecular complexity index is 323. The number of carbonyl (C=O) groups excluding carboxylic acids is 1. The van der Waals surface area contributed by atoms with Crippen LogP contribution in [0.4, 0.5) is 4.79 Å². The Hall–Kier alpha value is -1.50. The molecule has 1 unspecified atom stereocenters. The van der Waals surface area contributed by atoms with Gasteiger partial charge in [-0.15, -0.1) is 0 Å². The standard InChI is InChI=1S/C12H18N2O2/c1-12(2,3)16-11(15)14-8-6-10(9-14)5-4-7-13/h4-5,10H,6,8-9H2,1-3H3/b5-4+. The molecule has 0 aromatic carbocycles. The smallest absolute Gasteiger partial charge is 0.410 e. The first-order valence-corrected chi connectivity index (χ1v) is 5.46. The first kappa shape index (κ1) is 12.6. The average molecular weight is 222 g/mol. The SMILES string of the molecule is CC(C)(C)OC(=O)N1CCC(/C=C/C#N)C1. The molecule has 0 radical (unpaired) electrons. The molecule has 4 heteroatoms. The molecular formula is C12H18N2O2. The number of rotatable bonds is 1. The summed E-state index contributed by atoms with van der Waals surface area (Å²) >= 11 is 0. The molecule has 0 spiro atoms. The Morgan fingerprint density at radius 2 is 2.25 bits per heavy atom. The molecule has 1 fully saturated rings. The predicted molar refractivity (Wildman–Crippen MR) is 60.7 cm³/mol. The van der Waals surface area contributed by atoms with Gasteiger partial charge in [-0.1, -0.05) is 6.08 Å². The van der Waals surface area contributed by atoms with Crippen molar-refractivity contribution in [2.24, 2.45) is 5.92 Å². The highest BCUT2D eigenvalue weighted by atomic mass is 16.6. The van der Waals surface area contributed by atoms with Gasteiger partial charge in [0.25, 0.3) is 0 Å². The molecule has 1 rings (SSSR count). The number of nitrogens with zero attached hydrogens (tertiary/aromatic N) is 2. The third-order valence-electron chi connectivity index (χ3n) is 2.32. The van der Waals surface area contributed by atoms with E-state index in [2.05, 4.69) is 0 Å². The summed E-state index contributed by atoms with van der Waals surface area (Å²) in [5, 5.41) is 8.41. The first-order valence-electron chi connectivity index (χ1n) is 5.46. The van der Waals surface area contributed by atoms with Gasteiger partial charge in [0.2, 0.25) is 0 Å². The summed E-state index contributed by atoms with van der Waals surface area (Å²) in [7, 11) is 0. The normalized spacial score (nSPS) is 21.1. The zero-order chi connectivity index (χ0) is 12.2. The number of carbonyl (C=O) groups is 1. The van der Waals surface area contributed by atoms with E-state index < -0.39 is 5.60 Å². The maximum Gasteiger partial charge on any atom is 0.410 e. The second kappa shape index (κ2) is 5.02. The molecule has 1 aliphatic rings. The van der Waals surface area contributed by atoms with Crippen LogP contribution in [0.5, 0.6) is 0 Å². The van der Waals surface area contributed by atoms with Crippen molar-refractivity contribution in [3.8, 4) is 6.07 Å². The Morgan fingerprint density at radius 1 is 1.56 bits per heavy atom. The van der Waals surface area contributed by atoms with Crippen LogP contribution in [-0.2, 0) is 4.74 Å². The lowest BCUT2D eigenvalue weighted by molar-refractivity contribution is 0.0291. The van der Waals surface area contributed by atoms with Gasteiger partial charge in [0.05, 0.1) is 6.07 Å². The van der Waals surface area contributed by atoms with Crippen molar-refractivity contribution in [2.75, 3.05) is 13.1 Å². The first-order chi connectivity index (χ1) is 7.42. The lowest BCUT2D eigenvalue weighted by Gasteiger charge is -2.24. The zero-order valence-corrected chi connectivity index (χ0v) is 10.1. The molecule has 0 bridgehead atoms. The van der Waals surface area contributed by atoms with E-state index in [-0.39, 0.29) is 12.0 Å². The van der Waals surface area contributed by atoms with Crippen LogP contribution in [0, 0.1) is 17.2 Å². The van der Waals surface area contributed by atoms with Crippen LogP contribution in [0.15, 0.2) is 12.2 Å². The molecule has 1 atom stereocenters. The molecule has 0 saturated carbocycles. The average Bonchev–Trinajstić information content (AvgIpc) is 2.60. The second-order valence-corrected chi connectivity index (χ2v) is 4.96. The van der Waals surface area contributed by atoms with Gasteiger partial charge >= 0.3 is 6.09 Å². The number of likely N-dealkylation sites (tertiary alicyclic amines) is 1. The number of hydrogen-bond donors (Lipinski definition) is 0. The molecule has 1 saturated heterocycles. The molecule has 0 aliphatic carbocycles. The largest absolute Gasteiger partial charge is 0.444 e. The minimum atomic E-state index is -0.447. The second-order valence-electron chi connectivity index (χ2n) is 4.96. The van der Waals surface area contributed by atoms with Crippen molar-refractivity contribution in [3.05, 3.63) is 12.2 Å². The van der Waals surface area contributed by atoms with Gasteiger partial charge < -0.3 is 9.64 Å². The van der Waals surface area contributed by atoms with Crippen molar-refractivity contribution in [1.82, 2.24) is 4.90 Å². The zero-order valence-electron chi connectivity index (χ0n) is 10.1. The highest BCUT2D eigenvalue weighted by Gasteiger charge is 2.28. The van der Waals surface area contributed by atoms with E-state index in [0.717, 1.165) is 6.42 Å². The number of allylic oxidation sites excluding steroid dienone is 1. The summed E-state index contributed by atoms with van der Waals surface area (Å²) in [6, 6.07) is 1.96. The van der Waals surface area contributed by atoms with Crippen LogP contribution in [0.25, 0.3) is 0 Å².